The average molecular weight is 351 g/mol. The first-order valence-electron chi connectivity index (χ1n) is 7.49. The van der Waals surface area contributed by atoms with Crippen molar-refractivity contribution >= 4 is 21.7 Å². The fourth-order valence-electron chi connectivity index (χ4n) is 2.06. The van der Waals surface area contributed by atoms with Gasteiger partial charge in [0, 0.05) is 31.2 Å². The highest BCUT2D eigenvalue weighted by Gasteiger charge is 2.07. The van der Waals surface area contributed by atoms with Crippen LogP contribution in [0.3, 0.4) is 0 Å². The molecule has 0 unspecified atom stereocenters. The molecule has 1 heterocycles. The molecule has 0 bridgehead atoms. The average Bonchev–Trinajstić information content (AvgIpc) is 3.01. The summed E-state index contributed by atoms with van der Waals surface area (Å²) in [7, 11) is -3.19. The first-order valence-corrected chi connectivity index (χ1v) is 9.38. The van der Waals surface area contributed by atoms with Crippen LogP contribution >= 0.6 is 0 Å². The fraction of sp³-hybridized carbons (Fsp3) is 0.333. The molecule has 0 aliphatic rings. The van der Waals surface area contributed by atoms with Crippen molar-refractivity contribution in [3.05, 3.63) is 48.3 Å². The predicted molar refractivity (Wildman–Crippen MR) is 92.3 cm³/mol. The minimum absolute atomic E-state index is 0.287. The number of para-hydroxylation sites is 1. The van der Waals surface area contributed by atoms with Crippen LogP contribution in [0.1, 0.15) is 12.0 Å². The van der Waals surface area contributed by atoms with Crippen molar-refractivity contribution in [2.45, 2.75) is 13.0 Å². The molecular weight excluding hydrogens is 330 g/mol. The molecule has 3 N–H and O–H groups in total. The maximum Gasteiger partial charge on any atom is 0.319 e. The van der Waals surface area contributed by atoms with Gasteiger partial charge >= 0.3 is 6.03 Å². The molecule has 0 radical (unpaired) electrons. The van der Waals surface area contributed by atoms with Gasteiger partial charge in [0.25, 0.3) is 0 Å². The third-order valence-electron chi connectivity index (χ3n) is 3.16. The molecule has 0 fully saturated rings. The summed E-state index contributed by atoms with van der Waals surface area (Å²) in [4.78, 5) is 11.9. The standard InChI is InChI=1S/C15H21N5O3S/c1-24(22,23)18-10-4-8-16-15(21)19-14-7-3-2-6-13(14)12-20-11-5-9-17-20/h2-3,5-7,9,11,18H,4,8,10,12H2,1H3,(H2,16,19,21). The van der Waals surface area contributed by atoms with E-state index < -0.39 is 10.0 Å². The van der Waals surface area contributed by atoms with Crippen molar-refractivity contribution in [1.29, 1.82) is 0 Å². The molecule has 0 aliphatic heterocycles. The first-order chi connectivity index (χ1) is 11.4. The second-order valence-corrected chi connectivity index (χ2v) is 7.09. The summed E-state index contributed by atoms with van der Waals surface area (Å²) in [6.07, 6.45) is 5.16. The van der Waals surface area contributed by atoms with Crippen molar-refractivity contribution in [2.75, 3.05) is 24.7 Å². The van der Waals surface area contributed by atoms with Crippen molar-refractivity contribution in [2.24, 2.45) is 0 Å². The molecule has 0 saturated carbocycles. The van der Waals surface area contributed by atoms with E-state index in [0.29, 0.717) is 25.2 Å². The lowest BCUT2D eigenvalue weighted by atomic mass is 10.2. The van der Waals surface area contributed by atoms with Gasteiger partial charge in [0.1, 0.15) is 0 Å². The Hall–Kier alpha value is -2.39. The number of hydrogen-bond acceptors (Lipinski definition) is 4. The highest BCUT2D eigenvalue weighted by Crippen LogP contribution is 2.15. The summed E-state index contributed by atoms with van der Waals surface area (Å²) in [5, 5.41) is 9.65. The molecule has 0 spiro atoms. The minimum atomic E-state index is -3.19. The van der Waals surface area contributed by atoms with E-state index in [4.69, 9.17) is 0 Å². The number of urea groups is 1. The predicted octanol–water partition coefficient (Wildman–Crippen LogP) is 0.992. The molecule has 1 aromatic heterocycles. The monoisotopic (exact) mass is 351 g/mol. The van der Waals surface area contributed by atoms with Gasteiger partial charge in [-0.3, -0.25) is 4.68 Å². The Morgan fingerprint density at radius 1 is 1.21 bits per heavy atom. The van der Waals surface area contributed by atoms with Crippen LogP contribution < -0.4 is 15.4 Å². The van der Waals surface area contributed by atoms with Crippen molar-refractivity contribution in [3.8, 4) is 0 Å². The normalized spacial score (nSPS) is 11.2. The van der Waals surface area contributed by atoms with Crippen LogP contribution in [0.2, 0.25) is 0 Å². The van der Waals surface area contributed by atoms with E-state index in [1.54, 1.807) is 10.9 Å². The molecule has 9 heteroatoms. The highest BCUT2D eigenvalue weighted by molar-refractivity contribution is 7.88. The molecule has 2 rings (SSSR count). The van der Waals surface area contributed by atoms with Crippen molar-refractivity contribution in [3.63, 3.8) is 0 Å². The molecule has 0 saturated heterocycles. The molecule has 2 aromatic rings. The smallest absolute Gasteiger partial charge is 0.319 e. The quantitative estimate of drug-likeness (QED) is 0.617. The van der Waals surface area contributed by atoms with E-state index in [0.717, 1.165) is 11.8 Å². The second-order valence-electron chi connectivity index (χ2n) is 5.26. The molecule has 24 heavy (non-hydrogen) atoms. The maximum absolute atomic E-state index is 11.9. The van der Waals surface area contributed by atoms with Gasteiger partial charge in [0.15, 0.2) is 0 Å². The summed E-state index contributed by atoms with van der Waals surface area (Å²) < 4.78 is 26.0. The number of benzene rings is 1. The zero-order valence-electron chi connectivity index (χ0n) is 13.4. The van der Waals surface area contributed by atoms with Gasteiger partial charge < -0.3 is 10.6 Å². The van der Waals surface area contributed by atoms with E-state index in [2.05, 4.69) is 20.5 Å². The van der Waals surface area contributed by atoms with Crippen LogP contribution in [-0.2, 0) is 16.6 Å². The number of rotatable bonds is 8. The highest BCUT2D eigenvalue weighted by atomic mass is 32.2. The van der Waals surface area contributed by atoms with Crippen molar-refractivity contribution < 1.29 is 13.2 Å². The summed E-state index contributed by atoms with van der Waals surface area (Å²) in [6.45, 7) is 1.21. The largest absolute Gasteiger partial charge is 0.338 e. The molecule has 2 amide bonds. The lowest BCUT2D eigenvalue weighted by Crippen LogP contribution is -2.32. The summed E-state index contributed by atoms with van der Waals surface area (Å²) in [5.74, 6) is 0. The lowest BCUT2D eigenvalue weighted by Gasteiger charge is -2.12. The molecule has 0 aliphatic carbocycles. The number of anilines is 1. The SMILES string of the molecule is CS(=O)(=O)NCCCNC(=O)Nc1ccccc1Cn1cccn1. The van der Waals surface area contributed by atoms with Gasteiger partial charge in [-0.05, 0) is 24.1 Å². The first kappa shape index (κ1) is 18.0. The summed E-state index contributed by atoms with van der Waals surface area (Å²) in [6, 6.07) is 9.00. The van der Waals surface area contributed by atoms with Gasteiger partial charge in [-0.2, -0.15) is 5.10 Å². The Morgan fingerprint density at radius 2 is 2.00 bits per heavy atom. The van der Waals surface area contributed by atoms with Gasteiger partial charge in [0.05, 0.1) is 12.8 Å². The maximum atomic E-state index is 11.9. The molecule has 1 aromatic carbocycles. The van der Waals surface area contributed by atoms with E-state index in [9.17, 15) is 13.2 Å². The van der Waals surface area contributed by atoms with Gasteiger partial charge in [0.2, 0.25) is 10.0 Å². The van der Waals surface area contributed by atoms with E-state index in [1.165, 1.54) is 0 Å². The van der Waals surface area contributed by atoms with Crippen LogP contribution in [0.4, 0.5) is 10.5 Å². The van der Waals surface area contributed by atoms with E-state index >= 15 is 0 Å². The number of nitrogens with zero attached hydrogens (tertiary/aromatic N) is 2. The molecule has 130 valence electrons. The van der Waals surface area contributed by atoms with Crippen molar-refractivity contribution in [1.82, 2.24) is 19.8 Å². The Bertz CT molecular complexity index is 759. The summed E-state index contributed by atoms with van der Waals surface area (Å²) in [5.41, 5.74) is 1.65. The zero-order valence-corrected chi connectivity index (χ0v) is 14.2. The number of nitrogens with one attached hydrogen (secondary N) is 3. The number of carbonyl (C=O) groups is 1. The van der Waals surface area contributed by atoms with Gasteiger partial charge in [-0.1, -0.05) is 18.2 Å². The minimum Gasteiger partial charge on any atom is -0.338 e. The van der Waals surface area contributed by atoms with Crippen LogP contribution in [0.25, 0.3) is 0 Å². The zero-order chi connectivity index (χ0) is 17.4. The van der Waals surface area contributed by atoms with Crippen LogP contribution in [0.15, 0.2) is 42.7 Å². The van der Waals surface area contributed by atoms with Crippen LogP contribution in [-0.4, -0.2) is 43.6 Å². The Morgan fingerprint density at radius 3 is 2.71 bits per heavy atom. The summed E-state index contributed by atoms with van der Waals surface area (Å²) >= 11 is 0. The number of carbonyl (C=O) groups excluding carboxylic acids is 1. The van der Waals surface area contributed by atoms with E-state index in [-0.39, 0.29) is 12.6 Å². The Balaban J connectivity index is 1.81. The Kier molecular flexibility index (Phi) is 6.33. The molecule has 8 nitrogen and oxygen atoms in total. The topological polar surface area (TPSA) is 105 Å². The fourth-order valence-corrected chi connectivity index (χ4v) is 2.58. The molecular formula is C15H21N5O3S. The van der Waals surface area contributed by atoms with E-state index in [1.807, 2.05) is 36.5 Å². The number of hydrogen-bond donors (Lipinski definition) is 3. The lowest BCUT2D eigenvalue weighted by molar-refractivity contribution is 0.252. The van der Waals surface area contributed by atoms with Crippen LogP contribution in [0, 0.1) is 0 Å². The van der Waals surface area contributed by atoms with Crippen LogP contribution in [0.5, 0.6) is 0 Å². The third-order valence-corrected chi connectivity index (χ3v) is 3.89. The number of sulfonamides is 1. The number of amides is 2. The van der Waals surface area contributed by atoms with Gasteiger partial charge in [-0.25, -0.2) is 17.9 Å². The van der Waals surface area contributed by atoms with Gasteiger partial charge in [-0.15, -0.1) is 0 Å². The number of aromatic nitrogens is 2. The molecule has 0 atom stereocenters. The Labute approximate surface area is 141 Å². The second kappa shape index (κ2) is 8.46. The third kappa shape index (κ3) is 6.39.